The van der Waals surface area contributed by atoms with Crippen molar-refractivity contribution in [2.45, 2.75) is 6.92 Å². The molecule has 6 heteroatoms. The van der Waals surface area contributed by atoms with Crippen molar-refractivity contribution in [2.24, 2.45) is 0 Å². The lowest BCUT2D eigenvalue weighted by Gasteiger charge is -2.17. The number of amides is 1. The molecule has 0 fully saturated rings. The Hall–Kier alpha value is -2.40. The van der Waals surface area contributed by atoms with Crippen LogP contribution < -0.4 is 4.90 Å². The van der Waals surface area contributed by atoms with Gasteiger partial charge in [0.15, 0.2) is 0 Å². The third kappa shape index (κ3) is 3.20. The van der Waals surface area contributed by atoms with E-state index in [1.165, 1.54) is 23.1 Å². The zero-order valence-corrected chi connectivity index (χ0v) is 12.3. The number of nitro groups is 1. The van der Waals surface area contributed by atoms with Gasteiger partial charge in [-0.2, -0.15) is 0 Å². The topological polar surface area (TPSA) is 63.5 Å². The van der Waals surface area contributed by atoms with Crippen LogP contribution in [0.3, 0.4) is 0 Å². The van der Waals surface area contributed by atoms with Gasteiger partial charge in [0, 0.05) is 24.4 Å². The lowest BCUT2D eigenvalue weighted by molar-refractivity contribution is -0.384. The van der Waals surface area contributed by atoms with Crippen LogP contribution in [-0.4, -0.2) is 17.9 Å². The number of benzene rings is 2. The summed E-state index contributed by atoms with van der Waals surface area (Å²) in [6.07, 6.45) is 0. The second kappa shape index (κ2) is 5.93. The van der Waals surface area contributed by atoms with E-state index in [9.17, 15) is 14.9 Å². The van der Waals surface area contributed by atoms with Crippen LogP contribution in [0.15, 0.2) is 42.5 Å². The molecule has 21 heavy (non-hydrogen) atoms. The van der Waals surface area contributed by atoms with E-state index < -0.39 is 4.92 Å². The number of hydrogen-bond acceptors (Lipinski definition) is 3. The number of hydrogen-bond donors (Lipinski definition) is 0. The highest BCUT2D eigenvalue weighted by atomic mass is 35.5. The van der Waals surface area contributed by atoms with Gasteiger partial charge in [0.05, 0.1) is 4.92 Å². The molecular weight excluding hydrogens is 292 g/mol. The molecular formula is C15H13ClN2O3. The Labute approximate surface area is 126 Å². The molecule has 0 aromatic heterocycles. The standard InChI is InChI=1S/C15H13ClN2O3/c1-10-3-6-12(7-4-10)17(2)15(19)11-5-8-13(16)14(9-11)18(20)21/h3-9H,1-2H3. The highest BCUT2D eigenvalue weighted by molar-refractivity contribution is 6.32. The van der Waals surface area contributed by atoms with E-state index in [2.05, 4.69) is 0 Å². The van der Waals surface area contributed by atoms with Crippen LogP contribution in [0.4, 0.5) is 11.4 Å². The second-order valence-corrected chi connectivity index (χ2v) is 5.03. The molecule has 2 rings (SSSR count). The van der Waals surface area contributed by atoms with Crippen molar-refractivity contribution in [3.05, 3.63) is 68.7 Å². The van der Waals surface area contributed by atoms with E-state index in [0.717, 1.165) is 5.56 Å². The van der Waals surface area contributed by atoms with Gasteiger partial charge in [-0.3, -0.25) is 14.9 Å². The van der Waals surface area contributed by atoms with Gasteiger partial charge in [-0.05, 0) is 31.2 Å². The van der Waals surface area contributed by atoms with E-state index in [1.807, 2.05) is 31.2 Å². The molecule has 0 heterocycles. The minimum atomic E-state index is -0.606. The van der Waals surface area contributed by atoms with Gasteiger partial charge < -0.3 is 4.90 Å². The number of carbonyl (C=O) groups is 1. The number of nitrogens with zero attached hydrogens (tertiary/aromatic N) is 2. The molecule has 0 spiro atoms. The molecule has 0 aliphatic rings. The molecule has 2 aromatic rings. The number of halogens is 1. The lowest BCUT2D eigenvalue weighted by atomic mass is 10.1. The number of nitro benzene ring substituents is 1. The third-order valence-electron chi connectivity index (χ3n) is 3.12. The van der Waals surface area contributed by atoms with Gasteiger partial charge in [-0.25, -0.2) is 0 Å². The van der Waals surface area contributed by atoms with Gasteiger partial charge in [-0.1, -0.05) is 29.3 Å². The molecule has 0 aliphatic carbocycles. The normalized spacial score (nSPS) is 10.2. The van der Waals surface area contributed by atoms with E-state index >= 15 is 0 Å². The van der Waals surface area contributed by atoms with Crippen molar-refractivity contribution in [2.75, 3.05) is 11.9 Å². The fraction of sp³-hybridized carbons (Fsp3) is 0.133. The maximum atomic E-state index is 12.4. The molecule has 0 atom stereocenters. The largest absolute Gasteiger partial charge is 0.311 e. The van der Waals surface area contributed by atoms with Crippen molar-refractivity contribution in [1.29, 1.82) is 0 Å². The third-order valence-corrected chi connectivity index (χ3v) is 3.44. The first kappa shape index (κ1) is 15.0. The van der Waals surface area contributed by atoms with Crippen LogP contribution in [0.1, 0.15) is 15.9 Å². The highest BCUT2D eigenvalue weighted by Crippen LogP contribution is 2.26. The Morgan fingerprint density at radius 2 is 1.81 bits per heavy atom. The van der Waals surface area contributed by atoms with Gasteiger partial charge in [-0.15, -0.1) is 0 Å². The fourth-order valence-electron chi connectivity index (χ4n) is 1.86. The van der Waals surface area contributed by atoms with E-state index in [-0.39, 0.29) is 22.2 Å². The molecule has 0 unspecified atom stereocenters. The first-order valence-electron chi connectivity index (χ1n) is 6.19. The minimum Gasteiger partial charge on any atom is -0.311 e. The van der Waals surface area contributed by atoms with Crippen molar-refractivity contribution in [3.63, 3.8) is 0 Å². The predicted molar refractivity (Wildman–Crippen MR) is 82.0 cm³/mol. The molecule has 5 nitrogen and oxygen atoms in total. The van der Waals surface area contributed by atoms with Crippen molar-refractivity contribution >= 4 is 28.9 Å². The second-order valence-electron chi connectivity index (χ2n) is 4.62. The molecule has 2 aromatic carbocycles. The summed E-state index contributed by atoms with van der Waals surface area (Å²) < 4.78 is 0. The average Bonchev–Trinajstić information content (AvgIpc) is 2.46. The van der Waals surface area contributed by atoms with E-state index in [0.29, 0.717) is 5.69 Å². The predicted octanol–water partition coefficient (Wildman–Crippen LogP) is 3.83. The number of rotatable bonds is 3. The first-order valence-corrected chi connectivity index (χ1v) is 6.56. The summed E-state index contributed by atoms with van der Waals surface area (Å²) in [6, 6.07) is 11.4. The Bertz CT molecular complexity index is 699. The Morgan fingerprint density at radius 1 is 1.19 bits per heavy atom. The maximum absolute atomic E-state index is 12.4. The summed E-state index contributed by atoms with van der Waals surface area (Å²) in [5.74, 6) is -0.335. The molecule has 0 radical (unpaired) electrons. The molecule has 0 saturated carbocycles. The SMILES string of the molecule is Cc1ccc(N(C)C(=O)c2ccc(Cl)c([N+](=O)[O-])c2)cc1. The van der Waals surface area contributed by atoms with Crippen LogP contribution in [-0.2, 0) is 0 Å². The quantitative estimate of drug-likeness (QED) is 0.639. The van der Waals surface area contributed by atoms with Gasteiger partial charge in [0.1, 0.15) is 5.02 Å². The smallest absolute Gasteiger partial charge is 0.288 e. The molecule has 0 saturated heterocycles. The zero-order valence-electron chi connectivity index (χ0n) is 11.5. The van der Waals surface area contributed by atoms with Crippen LogP contribution in [0.2, 0.25) is 5.02 Å². The number of anilines is 1. The molecule has 1 amide bonds. The molecule has 0 aliphatic heterocycles. The van der Waals surface area contributed by atoms with Gasteiger partial charge in [0.25, 0.3) is 11.6 Å². The zero-order chi connectivity index (χ0) is 15.6. The van der Waals surface area contributed by atoms with Crippen molar-refractivity contribution in [3.8, 4) is 0 Å². The molecule has 0 bridgehead atoms. The summed E-state index contributed by atoms with van der Waals surface area (Å²) in [5.41, 5.74) is 1.74. The van der Waals surface area contributed by atoms with Gasteiger partial charge >= 0.3 is 0 Å². The first-order chi connectivity index (χ1) is 9.90. The van der Waals surface area contributed by atoms with Crippen molar-refractivity contribution < 1.29 is 9.72 Å². The van der Waals surface area contributed by atoms with Crippen LogP contribution >= 0.6 is 11.6 Å². The summed E-state index contributed by atoms with van der Waals surface area (Å²) >= 11 is 5.74. The Balaban J connectivity index is 2.33. The average molecular weight is 305 g/mol. The van der Waals surface area contributed by atoms with Crippen LogP contribution in [0.5, 0.6) is 0 Å². The Morgan fingerprint density at radius 3 is 2.38 bits per heavy atom. The fourth-order valence-corrected chi connectivity index (χ4v) is 2.05. The van der Waals surface area contributed by atoms with Crippen LogP contribution in [0.25, 0.3) is 0 Å². The summed E-state index contributed by atoms with van der Waals surface area (Å²) in [4.78, 5) is 24.1. The maximum Gasteiger partial charge on any atom is 0.288 e. The number of carbonyl (C=O) groups excluding carboxylic acids is 1. The van der Waals surface area contributed by atoms with Gasteiger partial charge in [0.2, 0.25) is 0 Å². The van der Waals surface area contributed by atoms with E-state index in [4.69, 9.17) is 11.6 Å². The number of aryl methyl sites for hydroxylation is 1. The summed E-state index contributed by atoms with van der Waals surface area (Å²) in [7, 11) is 1.62. The monoisotopic (exact) mass is 304 g/mol. The molecule has 108 valence electrons. The summed E-state index contributed by atoms with van der Waals surface area (Å²) in [6.45, 7) is 1.95. The lowest BCUT2D eigenvalue weighted by Crippen LogP contribution is -2.26. The molecule has 0 N–H and O–H groups in total. The highest BCUT2D eigenvalue weighted by Gasteiger charge is 2.19. The van der Waals surface area contributed by atoms with Crippen molar-refractivity contribution in [1.82, 2.24) is 0 Å². The van der Waals surface area contributed by atoms with E-state index in [1.54, 1.807) is 7.05 Å². The minimum absolute atomic E-state index is 0.00883. The van der Waals surface area contributed by atoms with Crippen LogP contribution in [0, 0.1) is 17.0 Å². The summed E-state index contributed by atoms with van der Waals surface area (Å²) in [5, 5.41) is 10.9. The Kier molecular flexibility index (Phi) is 4.23.